The Morgan fingerprint density at radius 2 is 2.00 bits per heavy atom. The number of aryl methyl sites for hydroxylation is 1. The second-order valence-corrected chi connectivity index (χ2v) is 5.49. The maximum absolute atomic E-state index is 10.1. The minimum Gasteiger partial charge on any atom is -0.507 e. The SMILES string of the molecule is Cc1ccccc1C(O)CN=Cc1cc(Br)ccc1O. The van der Waals surface area contributed by atoms with E-state index in [1.807, 2.05) is 31.2 Å². The molecule has 0 radical (unpaired) electrons. The summed E-state index contributed by atoms with van der Waals surface area (Å²) in [6, 6.07) is 12.8. The van der Waals surface area contributed by atoms with Gasteiger partial charge in [-0.05, 0) is 36.2 Å². The first-order valence-corrected chi connectivity index (χ1v) is 7.09. The van der Waals surface area contributed by atoms with Gasteiger partial charge in [0.1, 0.15) is 5.75 Å². The highest BCUT2D eigenvalue weighted by atomic mass is 79.9. The predicted molar refractivity (Wildman–Crippen MR) is 84.4 cm³/mol. The molecule has 0 saturated heterocycles. The lowest BCUT2D eigenvalue weighted by Gasteiger charge is -2.10. The minimum absolute atomic E-state index is 0.169. The molecular formula is C16H16BrNO2. The number of hydrogen-bond acceptors (Lipinski definition) is 3. The van der Waals surface area contributed by atoms with Crippen LogP contribution in [0.25, 0.3) is 0 Å². The van der Waals surface area contributed by atoms with Crippen molar-refractivity contribution in [3.05, 3.63) is 63.6 Å². The molecule has 2 aromatic rings. The summed E-state index contributed by atoms with van der Waals surface area (Å²) < 4.78 is 0.871. The predicted octanol–water partition coefficient (Wildman–Crippen LogP) is 3.62. The largest absolute Gasteiger partial charge is 0.507 e. The molecule has 0 bridgehead atoms. The Bertz CT molecular complexity index is 626. The maximum Gasteiger partial charge on any atom is 0.124 e. The molecule has 2 rings (SSSR count). The third-order valence-corrected chi connectivity index (χ3v) is 3.54. The van der Waals surface area contributed by atoms with Crippen molar-refractivity contribution in [2.75, 3.05) is 6.54 Å². The number of aliphatic imine (C=N–C) groups is 1. The van der Waals surface area contributed by atoms with Crippen molar-refractivity contribution in [1.29, 1.82) is 0 Å². The molecule has 0 aromatic heterocycles. The number of phenols is 1. The Labute approximate surface area is 126 Å². The number of rotatable bonds is 4. The third-order valence-electron chi connectivity index (χ3n) is 3.05. The molecule has 0 spiro atoms. The van der Waals surface area contributed by atoms with Crippen molar-refractivity contribution >= 4 is 22.1 Å². The first-order chi connectivity index (χ1) is 9.58. The second kappa shape index (κ2) is 6.68. The van der Waals surface area contributed by atoms with E-state index < -0.39 is 6.10 Å². The molecule has 0 heterocycles. The molecule has 1 unspecified atom stereocenters. The van der Waals surface area contributed by atoms with E-state index in [0.717, 1.165) is 15.6 Å². The van der Waals surface area contributed by atoms with Crippen LogP contribution in [0, 0.1) is 6.92 Å². The lowest BCUT2D eigenvalue weighted by atomic mass is 10.0. The van der Waals surface area contributed by atoms with Gasteiger partial charge in [0.25, 0.3) is 0 Å². The number of aliphatic hydroxyl groups excluding tert-OH is 1. The Kier molecular flexibility index (Phi) is 4.93. The van der Waals surface area contributed by atoms with Crippen molar-refractivity contribution in [1.82, 2.24) is 0 Å². The number of halogens is 1. The van der Waals surface area contributed by atoms with E-state index in [4.69, 9.17) is 0 Å². The molecular weight excluding hydrogens is 318 g/mol. The van der Waals surface area contributed by atoms with Crippen LogP contribution in [0.15, 0.2) is 51.9 Å². The Hall–Kier alpha value is -1.65. The van der Waals surface area contributed by atoms with Crippen LogP contribution < -0.4 is 0 Å². The molecule has 2 aromatic carbocycles. The first kappa shape index (κ1) is 14.8. The van der Waals surface area contributed by atoms with Crippen LogP contribution in [-0.4, -0.2) is 23.0 Å². The zero-order valence-corrected chi connectivity index (χ0v) is 12.7. The standard InChI is InChI=1S/C16H16BrNO2/c1-11-4-2-3-5-14(11)16(20)10-18-9-12-8-13(17)6-7-15(12)19/h2-9,16,19-20H,10H2,1H3. The summed E-state index contributed by atoms with van der Waals surface area (Å²) in [5.74, 6) is 0.169. The number of benzene rings is 2. The fraction of sp³-hybridized carbons (Fsp3) is 0.188. The van der Waals surface area contributed by atoms with Gasteiger partial charge < -0.3 is 10.2 Å². The van der Waals surface area contributed by atoms with Crippen molar-refractivity contribution in [2.45, 2.75) is 13.0 Å². The van der Waals surface area contributed by atoms with Gasteiger partial charge in [0.05, 0.1) is 12.6 Å². The minimum atomic E-state index is -0.637. The van der Waals surface area contributed by atoms with Crippen LogP contribution in [0.4, 0.5) is 0 Å². The van der Waals surface area contributed by atoms with Gasteiger partial charge in [0.15, 0.2) is 0 Å². The summed E-state index contributed by atoms with van der Waals surface area (Å²) in [6.07, 6.45) is 0.934. The summed E-state index contributed by atoms with van der Waals surface area (Å²) in [5.41, 5.74) is 2.54. The number of aliphatic hydroxyl groups is 1. The first-order valence-electron chi connectivity index (χ1n) is 6.30. The van der Waals surface area contributed by atoms with Crippen LogP contribution in [0.5, 0.6) is 5.75 Å². The smallest absolute Gasteiger partial charge is 0.124 e. The van der Waals surface area contributed by atoms with Crippen LogP contribution in [0.2, 0.25) is 0 Å². The Balaban J connectivity index is 2.06. The molecule has 0 fully saturated rings. The average molecular weight is 334 g/mol. The van der Waals surface area contributed by atoms with Crippen molar-refractivity contribution in [3.8, 4) is 5.75 Å². The number of hydrogen-bond donors (Lipinski definition) is 2. The van der Waals surface area contributed by atoms with Gasteiger partial charge in [-0.1, -0.05) is 40.2 Å². The van der Waals surface area contributed by atoms with Gasteiger partial charge in [0.2, 0.25) is 0 Å². The molecule has 0 saturated carbocycles. The van der Waals surface area contributed by atoms with Crippen molar-refractivity contribution < 1.29 is 10.2 Å². The number of aromatic hydroxyl groups is 1. The molecule has 4 heteroatoms. The zero-order valence-electron chi connectivity index (χ0n) is 11.1. The lowest BCUT2D eigenvalue weighted by molar-refractivity contribution is 0.187. The molecule has 0 amide bonds. The molecule has 0 aliphatic rings. The Morgan fingerprint density at radius 1 is 1.25 bits per heavy atom. The number of nitrogens with zero attached hydrogens (tertiary/aromatic N) is 1. The summed E-state index contributed by atoms with van der Waals surface area (Å²) in [4.78, 5) is 4.21. The van der Waals surface area contributed by atoms with E-state index in [2.05, 4.69) is 20.9 Å². The van der Waals surface area contributed by atoms with Gasteiger partial charge in [-0.2, -0.15) is 0 Å². The molecule has 2 N–H and O–H groups in total. The summed E-state index contributed by atoms with van der Waals surface area (Å²) in [6.45, 7) is 2.22. The summed E-state index contributed by atoms with van der Waals surface area (Å²) in [7, 11) is 0. The van der Waals surface area contributed by atoms with Gasteiger partial charge in [0, 0.05) is 16.3 Å². The van der Waals surface area contributed by atoms with Crippen molar-refractivity contribution in [3.63, 3.8) is 0 Å². The molecule has 0 aliphatic carbocycles. The maximum atomic E-state index is 10.1. The van der Waals surface area contributed by atoms with Crippen molar-refractivity contribution in [2.24, 2.45) is 4.99 Å². The third kappa shape index (κ3) is 3.68. The highest BCUT2D eigenvalue weighted by molar-refractivity contribution is 9.10. The molecule has 1 atom stereocenters. The van der Waals surface area contributed by atoms with Gasteiger partial charge >= 0.3 is 0 Å². The van der Waals surface area contributed by atoms with Crippen LogP contribution in [0.1, 0.15) is 22.8 Å². The topological polar surface area (TPSA) is 52.8 Å². The van der Waals surface area contributed by atoms with Gasteiger partial charge in [-0.3, -0.25) is 4.99 Å². The fourth-order valence-electron chi connectivity index (χ4n) is 1.94. The monoisotopic (exact) mass is 333 g/mol. The van der Waals surface area contributed by atoms with Gasteiger partial charge in [-0.25, -0.2) is 0 Å². The van der Waals surface area contributed by atoms with E-state index in [1.165, 1.54) is 0 Å². The van der Waals surface area contributed by atoms with Crippen LogP contribution >= 0.6 is 15.9 Å². The lowest BCUT2D eigenvalue weighted by Crippen LogP contribution is -2.03. The van der Waals surface area contributed by atoms with Crippen LogP contribution in [0.3, 0.4) is 0 Å². The quantitative estimate of drug-likeness (QED) is 0.839. The molecule has 104 valence electrons. The normalized spacial score (nSPS) is 12.8. The molecule has 20 heavy (non-hydrogen) atoms. The zero-order chi connectivity index (χ0) is 14.5. The van der Waals surface area contributed by atoms with E-state index in [9.17, 15) is 10.2 Å². The highest BCUT2D eigenvalue weighted by Gasteiger charge is 2.08. The van der Waals surface area contributed by atoms with Crippen LogP contribution in [-0.2, 0) is 0 Å². The summed E-state index contributed by atoms with van der Waals surface area (Å²) in [5, 5.41) is 19.8. The Morgan fingerprint density at radius 3 is 2.75 bits per heavy atom. The second-order valence-electron chi connectivity index (χ2n) is 4.57. The van der Waals surface area contributed by atoms with E-state index >= 15 is 0 Å². The fourth-order valence-corrected chi connectivity index (χ4v) is 2.32. The van der Waals surface area contributed by atoms with E-state index in [1.54, 1.807) is 24.4 Å². The average Bonchev–Trinajstić information content (AvgIpc) is 2.43. The summed E-state index contributed by atoms with van der Waals surface area (Å²) >= 11 is 3.34. The van der Waals surface area contributed by atoms with E-state index in [0.29, 0.717) is 5.56 Å². The molecule has 0 aliphatic heterocycles. The van der Waals surface area contributed by atoms with Gasteiger partial charge in [-0.15, -0.1) is 0 Å². The van der Waals surface area contributed by atoms with E-state index in [-0.39, 0.29) is 12.3 Å². The highest BCUT2D eigenvalue weighted by Crippen LogP contribution is 2.21. The molecule has 3 nitrogen and oxygen atoms in total. The number of phenolic OH excluding ortho intramolecular Hbond substituents is 1.